The van der Waals surface area contributed by atoms with Gasteiger partial charge in [-0.2, -0.15) is 0 Å². The van der Waals surface area contributed by atoms with Crippen molar-refractivity contribution in [2.45, 2.75) is 18.8 Å². The lowest BCUT2D eigenvalue weighted by Crippen LogP contribution is -2.29. The zero-order valence-corrected chi connectivity index (χ0v) is 13.0. The van der Waals surface area contributed by atoms with Gasteiger partial charge in [-0.15, -0.1) is 12.4 Å². The summed E-state index contributed by atoms with van der Waals surface area (Å²) in [6.45, 7) is 0.996. The topological polar surface area (TPSA) is 12.0 Å². The fraction of sp³-hybridized carbons (Fsp3) is 0.333. The number of hydrogen-bond donors (Lipinski definition) is 1. The summed E-state index contributed by atoms with van der Waals surface area (Å²) in [5.41, 5.74) is 3.80. The molecule has 112 valence electrons. The molecule has 0 radical (unpaired) electrons. The number of rotatable bonds is 3. The van der Waals surface area contributed by atoms with Gasteiger partial charge in [0.15, 0.2) is 0 Å². The molecule has 2 aromatic carbocycles. The minimum absolute atomic E-state index is 0. The molecule has 0 aliphatic heterocycles. The lowest BCUT2D eigenvalue weighted by Gasteiger charge is -2.34. The van der Waals surface area contributed by atoms with Gasteiger partial charge in [-0.25, -0.2) is 4.39 Å². The largest absolute Gasteiger partial charge is 0.319 e. The maximum absolute atomic E-state index is 13.5. The van der Waals surface area contributed by atoms with E-state index >= 15 is 0 Å². The summed E-state index contributed by atoms with van der Waals surface area (Å²) in [6.07, 6.45) is 2.08. The van der Waals surface area contributed by atoms with Crippen molar-refractivity contribution in [3.8, 4) is 0 Å². The highest BCUT2D eigenvalue weighted by Gasteiger charge is 2.30. The highest BCUT2D eigenvalue weighted by Crippen LogP contribution is 2.40. The first-order valence-corrected chi connectivity index (χ1v) is 7.27. The number of halogens is 2. The Labute approximate surface area is 132 Å². The predicted octanol–water partition coefficient (Wildman–Crippen LogP) is 4.16. The van der Waals surface area contributed by atoms with Gasteiger partial charge in [-0.3, -0.25) is 0 Å². The van der Waals surface area contributed by atoms with E-state index in [2.05, 4.69) is 29.6 Å². The van der Waals surface area contributed by atoms with E-state index in [-0.39, 0.29) is 18.2 Å². The Kier molecular flexibility index (Phi) is 5.38. The highest BCUT2D eigenvalue weighted by atomic mass is 35.5. The second-order valence-electron chi connectivity index (χ2n) is 5.59. The van der Waals surface area contributed by atoms with Crippen LogP contribution in [0.4, 0.5) is 4.39 Å². The molecule has 1 aliphatic rings. The SMILES string of the molecule is CNC[C@H]1CCc2cc(F)ccc2[C@H]1c1ccccc1.Cl. The van der Waals surface area contributed by atoms with Crippen molar-refractivity contribution in [3.05, 3.63) is 71.0 Å². The van der Waals surface area contributed by atoms with Crippen LogP contribution in [-0.4, -0.2) is 13.6 Å². The second-order valence-corrected chi connectivity index (χ2v) is 5.59. The summed E-state index contributed by atoms with van der Waals surface area (Å²) in [6, 6.07) is 15.9. The van der Waals surface area contributed by atoms with E-state index in [0.29, 0.717) is 11.8 Å². The van der Waals surface area contributed by atoms with Gasteiger partial charge < -0.3 is 5.32 Å². The molecule has 0 spiro atoms. The van der Waals surface area contributed by atoms with Crippen molar-refractivity contribution in [2.75, 3.05) is 13.6 Å². The van der Waals surface area contributed by atoms with Crippen LogP contribution in [0.15, 0.2) is 48.5 Å². The molecule has 1 nitrogen and oxygen atoms in total. The van der Waals surface area contributed by atoms with Gasteiger partial charge in [0, 0.05) is 5.92 Å². The predicted molar refractivity (Wildman–Crippen MR) is 87.7 cm³/mol. The molecule has 2 atom stereocenters. The molecule has 0 aromatic heterocycles. The van der Waals surface area contributed by atoms with Crippen LogP contribution in [0, 0.1) is 11.7 Å². The van der Waals surface area contributed by atoms with Gasteiger partial charge in [0.25, 0.3) is 0 Å². The Hall–Kier alpha value is -1.38. The van der Waals surface area contributed by atoms with Gasteiger partial charge in [0.05, 0.1) is 0 Å². The fourth-order valence-electron chi connectivity index (χ4n) is 3.45. The van der Waals surface area contributed by atoms with E-state index in [1.165, 1.54) is 16.7 Å². The number of fused-ring (bicyclic) bond motifs is 1. The highest BCUT2D eigenvalue weighted by molar-refractivity contribution is 5.85. The number of benzene rings is 2. The first-order chi connectivity index (χ1) is 9.79. The maximum Gasteiger partial charge on any atom is 0.123 e. The molecule has 2 aromatic rings. The average Bonchev–Trinajstić information content (AvgIpc) is 2.48. The van der Waals surface area contributed by atoms with Gasteiger partial charge >= 0.3 is 0 Å². The Morgan fingerprint density at radius 1 is 1.14 bits per heavy atom. The molecule has 1 aliphatic carbocycles. The Balaban J connectivity index is 0.00000161. The molecule has 0 bridgehead atoms. The third kappa shape index (κ3) is 3.28. The average molecular weight is 306 g/mol. The van der Waals surface area contributed by atoms with Gasteiger partial charge in [0.2, 0.25) is 0 Å². The van der Waals surface area contributed by atoms with Crippen LogP contribution in [0.1, 0.15) is 29.0 Å². The number of nitrogens with one attached hydrogen (secondary N) is 1. The van der Waals surface area contributed by atoms with Gasteiger partial charge in [0.1, 0.15) is 5.82 Å². The van der Waals surface area contributed by atoms with Gasteiger partial charge in [-0.05, 0) is 61.2 Å². The van der Waals surface area contributed by atoms with Crippen LogP contribution < -0.4 is 5.32 Å². The van der Waals surface area contributed by atoms with Crippen molar-refractivity contribution in [1.82, 2.24) is 5.32 Å². The Bertz CT molecular complexity index is 585. The molecule has 21 heavy (non-hydrogen) atoms. The second kappa shape index (κ2) is 7.06. The summed E-state index contributed by atoms with van der Waals surface area (Å²) in [4.78, 5) is 0. The standard InChI is InChI=1S/C18H20FN.ClH/c1-20-12-15-8-7-14-11-16(19)9-10-17(14)18(15)13-5-3-2-4-6-13;/h2-6,9-11,15,18,20H,7-8,12H2,1H3;1H/t15-,18+;/m1./s1. The lowest BCUT2D eigenvalue weighted by atomic mass is 9.72. The van der Waals surface area contributed by atoms with E-state index in [0.717, 1.165) is 19.4 Å². The van der Waals surface area contributed by atoms with Crippen LogP contribution in [0.5, 0.6) is 0 Å². The smallest absolute Gasteiger partial charge is 0.123 e. The first-order valence-electron chi connectivity index (χ1n) is 7.27. The number of aryl methyl sites for hydroxylation is 1. The first kappa shape index (κ1) is 16.0. The molecule has 0 amide bonds. The summed E-state index contributed by atoms with van der Waals surface area (Å²) >= 11 is 0. The molecule has 0 fully saturated rings. The lowest BCUT2D eigenvalue weighted by molar-refractivity contribution is 0.394. The monoisotopic (exact) mass is 305 g/mol. The zero-order valence-electron chi connectivity index (χ0n) is 12.2. The molecule has 1 N–H and O–H groups in total. The summed E-state index contributed by atoms with van der Waals surface area (Å²) in [5, 5.41) is 3.31. The van der Waals surface area contributed by atoms with E-state index in [9.17, 15) is 4.39 Å². The summed E-state index contributed by atoms with van der Waals surface area (Å²) in [7, 11) is 2.00. The fourth-order valence-corrected chi connectivity index (χ4v) is 3.45. The molecule has 3 rings (SSSR count). The minimum Gasteiger partial charge on any atom is -0.319 e. The van der Waals surface area contributed by atoms with Crippen molar-refractivity contribution >= 4 is 12.4 Å². The van der Waals surface area contributed by atoms with Crippen molar-refractivity contribution in [1.29, 1.82) is 0 Å². The molecule has 0 heterocycles. The van der Waals surface area contributed by atoms with Crippen molar-refractivity contribution < 1.29 is 4.39 Å². The van der Waals surface area contributed by atoms with Crippen LogP contribution in [0.2, 0.25) is 0 Å². The van der Waals surface area contributed by atoms with Crippen molar-refractivity contribution in [2.24, 2.45) is 5.92 Å². The Morgan fingerprint density at radius 2 is 1.90 bits per heavy atom. The molecule has 0 saturated heterocycles. The molecule has 3 heteroatoms. The molecule has 0 unspecified atom stereocenters. The molecule has 0 saturated carbocycles. The summed E-state index contributed by atoms with van der Waals surface area (Å²) < 4.78 is 13.5. The molecular formula is C18H21ClFN. The van der Waals surface area contributed by atoms with Crippen LogP contribution in [0.3, 0.4) is 0 Å². The normalized spacial score (nSPS) is 20.5. The van der Waals surface area contributed by atoms with Crippen LogP contribution in [0.25, 0.3) is 0 Å². The maximum atomic E-state index is 13.5. The van der Waals surface area contributed by atoms with Crippen LogP contribution >= 0.6 is 12.4 Å². The number of hydrogen-bond acceptors (Lipinski definition) is 1. The zero-order chi connectivity index (χ0) is 13.9. The quantitative estimate of drug-likeness (QED) is 0.898. The van der Waals surface area contributed by atoms with E-state index in [4.69, 9.17) is 0 Å². The van der Waals surface area contributed by atoms with Crippen molar-refractivity contribution in [3.63, 3.8) is 0 Å². The molecular weight excluding hydrogens is 285 g/mol. The minimum atomic E-state index is -0.123. The van der Waals surface area contributed by atoms with E-state index in [1.54, 1.807) is 12.1 Å². The third-order valence-corrected chi connectivity index (χ3v) is 4.32. The van der Waals surface area contributed by atoms with E-state index in [1.807, 2.05) is 19.2 Å². The van der Waals surface area contributed by atoms with Gasteiger partial charge in [-0.1, -0.05) is 36.4 Å². The summed E-state index contributed by atoms with van der Waals surface area (Å²) in [5.74, 6) is 0.816. The third-order valence-electron chi connectivity index (χ3n) is 4.32. The Morgan fingerprint density at radius 3 is 2.62 bits per heavy atom. The van der Waals surface area contributed by atoms with Crippen LogP contribution in [-0.2, 0) is 6.42 Å². The van der Waals surface area contributed by atoms with E-state index < -0.39 is 0 Å².